The van der Waals surface area contributed by atoms with Crippen LogP contribution in [-0.2, 0) is 0 Å². The SMILES string of the molecule is Cc1ccc(-c2ccc(-c3cc4ccccc4cc3-c3ccccc3)c3c2-c2cccc4cccc-3c24)cc1C. The predicted molar refractivity (Wildman–Crippen MR) is 172 cm³/mol. The largest absolute Gasteiger partial charge is 0.0622 e. The molecule has 0 heteroatoms. The molecule has 0 amide bonds. The summed E-state index contributed by atoms with van der Waals surface area (Å²) >= 11 is 0. The Labute approximate surface area is 235 Å². The predicted octanol–water partition coefficient (Wildman–Crippen LogP) is 11.3. The van der Waals surface area contributed by atoms with Gasteiger partial charge in [-0.3, -0.25) is 0 Å². The number of hydrogen-bond donors (Lipinski definition) is 0. The van der Waals surface area contributed by atoms with Gasteiger partial charge in [0.05, 0.1) is 0 Å². The molecule has 0 spiro atoms. The lowest BCUT2D eigenvalue weighted by Crippen LogP contribution is -1.93. The molecule has 40 heavy (non-hydrogen) atoms. The quantitative estimate of drug-likeness (QED) is 0.223. The van der Waals surface area contributed by atoms with Gasteiger partial charge in [0.1, 0.15) is 0 Å². The highest BCUT2D eigenvalue weighted by molar-refractivity contribution is 6.21. The molecule has 188 valence electrons. The van der Waals surface area contributed by atoms with Gasteiger partial charge in [-0.05, 0) is 114 Å². The van der Waals surface area contributed by atoms with E-state index in [9.17, 15) is 0 Å². The second kappa shape index (κ2) is 8.79. The summed E-state index contributed by atoms with van der Waals surface area (Å²) in [6.45, 7) is 4.40. The van der Waals surface area contributed by atoms with Crippen LogP contribution in [0.15, 0.2) is 133 Å². The topological polar surface area (TPSA) is 0 Å². The Kier molecular flexibility index (Phi) is 5.06. The highest BCUT2D eigenvalue weighted by atomic mass is 14.3. The molecular formula is C40H28. The smallest absolute Gasteiger partial charge is 0.00137 e. The van der Waals surface area contributed by atoms with E-state index in [1.807, 2.05) is 0 Å². The van der Waals surface area contributed by atoms with Gasteiger partial charge >= 0.3 is 0 Å². The van der Waals surface area contributed by atoms with E-state index in [0.717, 1.165) is 0 Å². The monoisotopic (exact) mass is 508 g/mol. The molecule has 0 aromatic heterocycles. The van der Waals surface area contributed by atoms with Crippen molar-refractivity contribution >= 4 is 21.5 Å². The number of fused-ring (bicyclic) bond motifs is 4. The lowest BCUT2D eigenvalue weighted by Gasteiger charge is -2.19. The Morgan fingerprint density at radius 1 is 0.325 bits per heavy atom. The minimum absolute atomic E-state index is 1.24. The first-order valence-corrected chi connectivity index (χ1v) is 14.0. The Bertz CT molecular complexity index is 2110. The highest BCUT2D eigenvalue weighted by Gasteiger charge is 2.28. The molecule has 0 bridgehead atoms. The highest BCUT2D eigenvalue weighted by Crippen LogP contribution is 2.55. The third kappa shape index (κ3) is 3.39. The molecule has 0 saturated carbocycles. The molecule has 0 heterocycles. The molecule has 0 N–H and O–H groups in total. The second-order valence-corrected chi connectivity index (χ2v) is 11.0. The molecular weight excluding hydrogens is 480 g/mol. The molecule has 0 unspecified atom stereocenters. The Morgan fingerprint density at radius 3 is 1.62 bits per heavy atom. The normalized spacial score (nSPS) is 11.8. The summed E-state index contributed by atoms with van der Waals surface area (Å²) in [5.41, 5.74) is 15.6. The van der Waals surface area contributed by atoms with Crippen molar-refractivity contribution < 1.29 is 0 Å². The summed E-state index contributed by atoms with van der Waals surface area (Å²) in [7, 11) is 0. The van der Waals surface area contributed by atoms with E-state index in [1.165, 1.54) is 88.3 Å². The maximum absolute atomic E-state index is 2.39. The zero-order valence-corrected chi connectivity index (χ0v) is 22.7. The maximum Gasteiger partial charge on any atom is -0.00137 e. The van der Waals surface area contributed by atoms with Crippen molar-refractivity contribution in [2.24, 2.45) is 0 Å². The molecule has 7 aromatic carbocycles. The zero-order valence-electron chi connectivity index (χ0n) is 22.7. The summed E-state index contributed by atoms with van der Waals surface area (Å²) in [5.74, 6) is 0. The minimum atomic E-state index is 1.24. The van der Waals surface area contributed by atoms with E-state index in [2.05, 4.69) is 147 Å². The fourth-order valence-electron chi connectivity index (χ4n) is 6.61. The minimum Gasteiger partial charge on any atom is -0.0622 e. The fraction of sp³-hybridized carbons (Fsp3) is 0.0500. The van der Waals surface area contributed by atoms with Gasteiger partial charge in [-0.1, -0.05) is 121 Å². The molecule has 0 atom stereocenters. The molecule has 0 nitrogen and oxygen atoms in total. The summed E-state index contributed by atoms with van der Waals surface area (Å²) in [4.78, 5) is 0. The molecule has 8 rings (SSSR count). The van der Waals surface area contributed by atoms with Crippen molar-refractivity contribution in [3.8, 4) is 55.6 Å². The van der Waals surface area contributed by atoms with Gasteiger partial charge in [0.25, 0.3) is 0 Å². The zero-order chi connectivity index (χ0) is 26.8. The van der Waals surface area contributed by atoms with E-state index >= 15 is 0 Å². The molecule has 1 aliphatic carbocycles. The average Bonchev–Trinajstić information content (AvgIpc) is 3.34. The van der Waals surface area contributed by atoms with E-state index < -0.39 is 0 Å². The molecule has 7 aromatic rings. The first kappa shape index (κ1) is 23.0. The summed E-state index contributed by atoms with van der Waals surface area (Å²) in [5, 5.41) is 5.18. The van der Waals surface area contributed by atoms with Gasteiger partial charge in [-0.25, -0.2) is 0 Å². The summed E-state index contributed by atoms with van der Waals surface area (Å²) < 4.78 is 0. The average molecular weight is 509 g/mol. The maximum atomic E-state index is 2.39. The van der Waals surface area contributed by atoms with Crippen LogP contribution in [-0.4, -0.2) is 0 Å². The van der Waals surface area contributed by atoms with Gasteiger partial charge in [-0.2, -0.15) is 0 Å². The fourth-order valence-corrected chi connectivity index (χ4v) is 6.61. The molecule has 1 aliphatic rings. The van der Waals surface area contributed by atoms with Crippen molar-refractivity contribution in [1.82, 2.24) is 0 Å². The van der Waals surface area contributed by atoms with Crippen molar-refractivity contribution in [2.75, 3.05) is 0 Å². The van der Waals surface area contributed by atoms with Gasteiger partial charge in [-0.15, -0.1) is 0 Å². The molecule has 0 radical (unpaired) electrons. The third-order valence-electron chi connectivity index (χ3n) is 8.73. The van der Waals surface area contributed by atoms with Crippen molar-refractivity contribution in [2.45, 2.75) is 13.8 Å². The van der Waals surface area contributed by atoms with Gasteiger partial charge in [0, 0.05) is 0 Å². The number of benzene rings is 7. The first-order valence-electron chi connectivity index (χ1n) is 14.0. The van der Waals surface area contributed by atoms with Crippen LogP contribution in [0.4, 0.5) is 0 Å². The Hall–Kier alpha value is -4.94. The number of rotatable bonds is 3. The third-order valence-corrected chi connectivity index (χ3v) is 8.73. The van der Waals surface area contributed by atoms with Crippen molar-refractivity contribution in [3.63, 3.8) is 0 Å². The van der Waals surface area contributed by atoms with E-state index in [-0.39, 0.29) is 0 Å². The van der Waals surface area contributed by atoms with Crippen LogP contribution < -0.4 is 0 Å². The van der Waals surface area contributed by atoms with Gasteiger partial charge in [0.15, 0.2) is 0 Å². The molecule has 0 aliphatic heterocycles. The second-order valence-electron chi connectivity index (χ2n) is 11.0. The van der Waals surface area contributed by atoms with Crippen molar-refractivity contribution in [3.05, 3.63) is 145 Å². The van der Waals surface area contributed by atoms with Crippen LogP contribution in [0.25, 0.3) is 77.2 Å². The van der Waals surface area contributed by atoms with Crippen molar-refractivity contribution in [1.29, 1.82) is 0 Å². The summed E-state index contributed by atoms with van der Waals surface area (Å²) in [6, 6.07) is 49.4. The lowest BCUT2D eigenvalue weighted by molar-refractivity contribution is 1.34. The van der Waals surface area contributed by atoms with E-state index in [1.54, 1.807) is 0 Å². The van der Waals surface area contributed by atoms with Crippen LogP contribution >= 0.6 is 0 Å². The number of hydrogen-bond acceptors (Lipinski definition) is 0. The Morgan fingerprint density at radius 2 is 0.925 bits per heavy atom. The van der Waals surface area contributed by atoms with Gasteiger partial charge in [0.2, 0.25) is 0 Å². The van der Waals surface area contributed by atoms with Crippen LogP contribution in [0.5, 0.6) is 0 Å². The summed E-state index contributed by atoms with van der Waals surface area (Å²) in [6.07, 6.45) is 0. The first-order chi connectivity index (χ1) is 19.7. The standard InChI is InChI=1S/C40H28/c1-25-18-19-31(22-26(25)2)32-20-21-33(40-35-17-9-15-28-14-8-16-34(38(28)35)39(32)40)37-24-30-13-7-6-12-29(30)23-36(37)27-10-4-3-5-11-27/h3-24H,1-2H3. The van der Waals surface area contributed by atoms with E-state index in [4.69, 9.17) is 0 Å². The Balaban J connectivity index is 1.50. The molecule has 0 saturated heterocycles. The number of aryl methyl sites for hydroxylation is 2. The lowest BCUT2D eigenvalue weighted by atomic mass is 9.84. The van der Waals surface area contributed by atoms with E-state index in [0.29, 0.717) is 0 Å². The van der Waals surface area contributed by atoms with Crippen LogP contribution in [0.3, 0.4) is 0 Å². The van der Waals surface area contributed by atoms with Gasteiger partial charge < -0.3 is 0 Å². The van der Waals surface area contributed by atoms with Crippen LogP contribution in [0.2, 0.25) is 0 Å². The molecule has 0 fully saturated rings. The van der Waals surface area contributed by atoms with Crippen LogP contribution in [0.1, 0.15) is 11.1 Å². The van der Waals surface area contributed by atoms with Crippen LogP contribution in [0, 0.1) is 13.8 Å².